The number of ether oxygens (including phenoxy) is 2. The Bertz CT molecular complexity index is 530. The van der Waals surface area contributed by atoms with Crippen molar-refractivity contribution in [1.82, 2.24) is 4.90 Å². The quantitative estimate of drug-likeness (QED) is 0.841. The smallest absolute Gasteiger partial charge is 0.253 e. The summed E-state index contributed by atoms with van der Waals surface area (Å²) in [5.41, 5.74) is 0.650. The predicted octanol–water partition coefficient (Wildman–Crippen LogP) is 1.45. The first-order valence-electron chi connectivity index (χ1n) is 7.71. The highest BCUT2D eigenvalue weighted by Gasteiger charge is 2.21. The van der Waals surface area contributed by atoms with Crippen molar-refractivity contribution in [2.24, 2.45) is 0 Å². The highest BCUT2D eigenvalue weighted by Crippen LogP contribution is 2.17. The minimum atomic E-state index is -0.767. The van der Waals surface area contributed by atoms with E-state index in [4.69, 9.17) is 9.47 Å². The number of nitrogens with zero attached hydrogens (tertiary/aromatic N) is 1. The number of hydrogen-bond acceptors (Lipinski definition) is 4. The lowest BCUT2D eigenvalue weighted by Gasteiger charge is -2.26. The highest BCUT2D eigenvalue weighted by atomic mass is 32.2. The molecular formula is C16H21NO4S. The summed E-state index contributed by atoms with van der Waals surface area (Å²) in [4.78, 5) is 14.1. The molecule has 2 aliphatic heterocycles. The van der Waals surface area contributed by atoms with Gasteiger partial charge in [0.2, 0.25) is 0 Å². The third kappa shape index (κ3) is 3.87. The van der Waals surface area contributed by atoms with E-state index < -0.39 is 10.8 Å². The predicted molar refractivity (Wildman–Crippen MR) is 84.7 cm³/mol. The average Bonchev–Trinajstić information content (AvgIpc) is 3.07. The summed E-state index contributed by atoms with van der Waals surface area (Å²) < 4.78 is 22.5. The van der Waals surface area contributed by atoms with Gasteiger partial charge in [-0.15, -0.1) is 0 Å². The molecule has 1 amide bonds. The lowest BCUT2D eigenvalue weighted by Crippen LogP contribution is -2.41. The van der Waals surface area contributed by atoms with Gasteiger partial charge in [-0.25, -0.2) is 0 Å². The molecule has 0 unspecified atom stereocenters. The molecule has 1 atom stereocenters. The molecule has 2 saturated heterocycles. The summed E-state index contributed by atoms with van der Waals surface area (Å²) in [6.07, 6.45) is 2.34. The molecule has 0 aliphatic carbocycles. The van der Waals surface area contributed by atoms with Crippen LogP contribution in [0.2, 0.25) is 0 Å². The van der Waals surface area contributed by atoms with Crippen LogP contribution in [0.15, 0.2) is 24.3 Å². The Kier molecular flexibility index (Phi) is 5.10. The van der Waals surface area contributed by atoms with Crippen LogP contribution < -0.4 is 4.74 Å². The second kappa shape index (κ2) is 7.24. The Morgan fingerprint density at radius 2 is 2.00 bits per heavy atom. The molecule has 5 nitrogen and oxygen atoms in total. The van der Waals surface area contributed by atoms with E-state index in [1.807, 2.05) is 12.1 Å². The van der Waals surface area contributed by atoms with Crippen molar-refractivity contribution >= 4 is 16.7 Å². The van der Waals surface area contributed by atoms with Crippen LogP contribution in [0, 0.1) is 0 Å². The molecule has 22 heavy (non-hydrogen) atoms. The third-order valence-electron chi connectivity index (χ3n) is 4.03. The van der Waals surface area contributed by atoms with Crippen molar-refractivity contribution in [2.45, 2.75) is 18.9 Å². The maximum Gasteiger partial charge on any atom is 0.253 e. The topological polar surface area (TPSA) is 55.8 Å². The molecule has 120 valence electrons. The molecule has 1 aromatic carbocycles. The lowest BCUT2D eigenvalue weighted by atomic mass is 10.2. The van der Waals surface area contributed by atoms with Gasteiger partial charge in [-0.2, -0.15) is 0 Å². The molecule has 2 aliphatic rings. The van der Waals surface area contributed by atoms with Gasteiger partial charge in [0.25, 0.3) is 5.91 Å². The van der Waals surface area contributed by atoms with Crippen molar-refractivity contribution in [2.75, 3.05) is 37.8 Å². The molecule has 0 saturated carbocycles. The summed E-state index contributed by atoms with van der Waals surface area (Å²) in [5, 5.41) is 0. The van der Waals surface area contributed by atoms with Crippen LogP contribution in [0.1, 0.15) is 23.2 Å². The zero-order valence-electron chi connectivity index (χ0n) is 12.5. The van der Waals surface area contributed by atoms with E-state index in [2.05, 4.69) is 0 Å². The zero-order chi connectivity index (χ0) is 15.4. The Morgan fingerprint density at radius 1 is 1.27 bits per heavy atom. The monoisotopic (exact) mass is 323 g/mol. The summed E-state index contributed by atoms with van der Waals surface area (Å²) in [6, 6.07) is 7.23. The fourth-order valence-corrected chi connectivity index (χ4v) is 3.73. The molecule has 0 bridgehead atoms. The Morgan fingerprint density at radius 3 is 2.64 bits per heavy atom. The Balaban J connectivity index is 1.54. The summed E-state index contributed by atoms with van der Waals surface area (Å²) in [7, 11) is -0.767. The fraction of sp³-hybridized carbons (Fsp3) is 0.562. The molecule has 1 aromatic rings. The molecular weight excluding hydrogens is 302 g/mol. The average molecular weight is 323 g/mol. The number of benzene rings is 1. The zero-order valence-corrected chi connectivity index (χ0v) is 13.3. The molecule has 0 radical (unpaired) electrons. The number of rotatable bonds is 4. The van der Waals surface area contributed by atoms with Gasteiger partial charge in [0.15, 0.2) is 0 Å². The molecule has 2 fully saturated rings. The first-order chi connectivity index (χ1) is 10.7. The number of amides is 1. The van der Waals surface area contributed by atoms with Crippen LogP contribution >= 0.6 is 0 Å². The van der Waals surface area contributed by atoms with Gasteiger partial charge < -0.3 is 14.4 Å². The van der Waals surface area contributed by atoms with E-state index >= 15 is 0 Å². The van der Waals surface area contributed by atoms with Crippen molar-refractivity contribution in [3.05, 3.63) is 29.8 Å². The van der Waals surface area contributed by atoms with Gasteiger partial charge in [0.1, 0.15) is 12.4 Å². The molecule has 0 spiro atoms. The number of carbonyl (C=O) groups excluding carboxylic acids is 1. The van der Waals surface area contributed by atoms with E-state index in [0.29, 0.717) is 36.8 Å². The number of hydrogen-bond donors (Lipinski definition) is 0. The van der Waals surface area contributed by atoms with Crippen molar-refractivity contribution in [3.63, 3.8) is 0 Å². The van der Waals surface area contributed by atoms with E-state index in [1.165, 1.54) is 0 Å². The summed E-state index contributed by atoms with van der Waals surface area (Å²) in [6.45, 7) is 2.53. The lowest BCUT2D eigenvalue weighted by molar-refractivity contribution is 0.0679. The van der Waals surface area contributed by atoms with Crippen LogP contribution in [-0.2, 0) is 15.5 Å². The molecule has 2 heterocycles. The normalized spacial score (nSPS) is 22.7. The largest absolute Gasteiger partial charge is 0.491 e. The second-order valence-corrected chi connectivity index (χ2v) is 7.31. The SMILES string of the molecule is O=C(c1ccc(OC[C@H]2CCCO2)cc1)N1CCS(=O)CC1. The fourth-order valence-electron chi connectivity index (χ4n) is 2.68. The van der Waals surface area contributed by atoms with Crippen LogP contribution in [0.5, 0.6) is 5.75 Å². The van der Waals surface area contributed by atoms with Crippen LogP contribution in [0.3, 0.4) is 0 Å². The van der Waals surface area contributed by atoms with Gasteiger partial charge in [-0.1, -0.05) is 0 Å². The Hall–Kier alpha value is -1.40. The van der Waals surface area contributed by atoms with Crippen LogP contribution in [0.4, 0.5) is 0 Å². The minimum Gasteiger partial charge on any atom is -0.491 e. The van der Waals surface area contributed by atoms with Gasteiger partial charge in [0.05, 0.1) is 6.10 Å². The van der Waals surface area contributed by atoms with Crippen molar-refractivity contribution in [1.29, 1.82) is 0 Å². The molecule has 6 heteroatoms. The number of carbonyl (C=O) groups is 1. The van der Waals surface area contributed by atoms with E-state index in [-0.39, 0.29) is 12.0 Å². The molecule has 0 aromatic heterocycles. The summed E-state index contributed by atoms with van der Waals surface area (Å²) >= 11 is 0. The minimum absolute atomic E-state index is 0.00220. The van der Waals surface area contributed by atoms with E-state index in [9.17, 15) is 9.00 Å². The van der Waals surface area contributed by atoms with Gasteiger partial charge in [0, 0.05) is 47.6 Å². The standard InChI is InChI=1S/C16H21NO4S/c18-16(17-7-10-22(19)11-8-17)13-3-5-14(6-4-13)21-12-15-2-1-9-20-15/h3-6,15H,1-2,7-12H2/t15-/m1/s1. The van der Waals surface area contributed by atoms with Crippen molar-refractivity contribution in [3.8, 4) is 5.75 Å². The third-order valence-corrected chi connectivity index (χ3v) is 5.30. The van der Waals surface area contributed by atoms with Gasteiger partial charge in [-0.05, 0) is 37.1 Å². The molecule has 3 rings (SSSR count). The summed E-state index contributed by atoms with van der Waals surface area (Å²) in [5.74, 6) is 1.91. The van der Waals surface area contributed by atoms with E-state index in [1.54, 1.807) is 17.0 Å². The second-order valence-electron chi connectivity index (χ2n) is 5.61. The maximum absolute atomic E-state index is 12.4. The van der Waals surface area contributed by atoms with Gasteiger partial charge in [-0.3, -0.25) is 9.00 Å². The Labute approximate surface area is 133 Å². The highest BCUT2D eigenvalue weighted by molar-refractivity contribution is 7.85. The first kappa shape index (κ1) is 15.5. The van der Waals surface area contributed by atoms with E-state index in [0.717, 1.165) is 25.2 Å². The van der Waals surface area contributed by atoms with Crippen molar-refractivity contribution < 1.29 is 18.5 Å². The van der Waals surface area contributed by atoms with Gasteiger partial charge >= 0.3 is 0 Å². The van der Waals surface area contributed by atoms with Crippen LogP contribution in [-0.4, -0.2) is 58.9 Å². The molecule has 0 N–H and O–H groups in total. The first-order valence-corrected chi connectivity index (χ1v) is 9.20. The maximum atomic E-state index is 12.4. The van der Waals surface area contributed by atoms with Crippen LogP contribution in [0.25, 0.3) is 0 Å².